The summed E-state index contributed by atoms with van der Waals surface area (Å²) in [5.74, 6) is -2.13. The van der Waals surface area contributed by atoms with E-state index in [9.17, 15) is 14.0 Å². The first-order valence-electron chi connectivity index (χ1n) is 7.03. The van der Waals surface area contributed by atoms with Gasteiger partial charge in [-0.2, -0.15) is 10.4 Å². The minimum absolute atomic E-state index is 0.0878. The first-order chi connectivity index (χ1) is 11.8. The minimum Gasteiger partial charge on any atom is -0.481 e. The summed E-state index contributed by atoms with van der Waals surface area (Å²) < 4.78 is 14.1. The van der Waals surface area contributed by atoms with Crippen LogP contribution in [0.5, 0.6) is 0 Å². The van der Waals surface area contributed by atoms with Crippen molar-refractivity contribution in [3.05, 3.63) is 29.1 Å². The summed E-state index contributed by atoms with van der Waals surface area (Å²) in [5.41, 5.74) is 0.730. The van der Waals surface area contributed by atoms with E-state index >= 15 is 0 Å². The van der Waals surface area contributed by atoms with E-state index in [4.69, 9.17) is 10.4 Å². The maximum absolute atomic E-state index is 14.1. The quantitative estimate of drug-likeness (QED) is 0.599. The van der Waals surface area contributed by atoms with E-state index in [1.807, 2.05) is 6.07 Å². The normalized spacial score (nSPS) is 18.4. The number of nitrogens with one attached hydrogen (secondary N) is 1. The number of carbonyl (C=O) groups is 2. The van der Waals surface area contributed by atoms with Gasteiger partial charge in [0.2, 0.25) is 5.91 Å². The number of hydrogen-bond donors (Lipinski definition) is 2. The number of anilines is 1. The van der Waals surface area contributed by atoms with Crippen LogP contribution in [0.25, 0.3) is 0 Å². The van der Waals surface area contributed by atoms with Gasteiger partial charge in [-0.15, -0.1) is 5.10 Å². The Morgan fingerprint density at radius 1 is 1.56 bits per heavy atom. The predicted molar refractivity (Wildman–Crippen MR) is 92.2 cm³/mol. The summed E-state index contributed by atoms with van der Waals surface area (Å²) in [6.45, 7) is 0. The Morgan fingerprint density at radius 3 is 2.88 bits per heavy atom. The van der Waals surface area contributed by atoms with E-state index in [1.165, 1.54) is 6.07 Å². The average molecular weight is 363 g/mol. The zero-order chi connectivity index (χ0) is 18.6. The topological polar surface area (TPSA) is 118 Å². The van der Waals surface area contributed by atoms with Crippen LogP contribution in [0.4, 0.5) is 10.1 Å². The van der Waals surface area contributed by atoms with Crippen molar-refractivity contribution in [2.24, 2.45) is 10.2 Å². The van der Waals surface area contributed by atoms with Gasteiger partial charge < -0.3 is 15.3 Å². The first kappa shape index (κ1) is 18.4. The van der Waals surface area contributed by atoms with Crippen LogP contribution < -0.4 is 10.2 Å². The van der Waals surface area contributed by atoms with Crippen LogP contribution in [0.1, 0.15) is 17.5 Å². The number of amidine groups is 1. The molecule has 0 aromatic heterocycles. The number of amides is 1. The molecule has 8 nitrogen and oxygen atoms in total. The molecular formula is C15H14FN5O3S. The van der Waals surface area contributed by atoms with Gasteiger partial charge in [0.15, 0.2) is 5.17 Å². The summed E-state index contributed by atoms with van der Waals surface area (Å²) in [5, 5.41) is 27.2. The molecule has 1 fully saturated rings. The molecule has 1 amide bonds. The summed E-state index contributed by atoms with van der Waals surface area (Å²) in [6.07, 6.45) is 0.818. The molecule has 1 atom stereocenters. The van der Waals surface area contributed by atoms with Gasteiger partial charge in [0.25, 0.3) is 0 Å². The Bertz CT molecular complexity index is 816. The third-order valence-corrected chi connectivity index (χ3v) is 4.28. The second-order valence-corrected chi connectivity index (χ2v) is 6.40. The van der Waals surface area contributed by atoms with E-state index in [2.05, 4.69) is 15.5 Å². The summed E-state index contributed by atoms with van der Waals surface area (Å²) >= 11 is 0.943. The molecule has 1 aliphatic heterocycles. The molecule has 1 aromatic carbocycles. The molecule has 1 aliphatic rings. The van der Waals surface area contributed by atoms with Crippen LogP contribution in [0, 0.1) is 17.1 Å². The van der Waals surface area contributed by atoms with Gasteiger partial charge in [-0.25, -0.2) is 4.39 Å². The van der Waals surface area contributed by atoms with Gasteiger partial charge >= 0.3 is 5.97 Å². The number of thioether (sulfide) groups is 1. The van der Waals surface area contributed by atoms with Gasteiger partial charge in [0.05, 0.1) is 29.4 Å². The van der Waals surface area contributed by atoms with Crippen LogP contribution >= 0.6 is 11.8 Å². The maximum Gasteiger partial charge on any atom is 0.305 e. The Kier molecular flexibility index (Phi) is 5.71. The molecule has 0 aliphatic carbocycles. The highest BCUT2D eigenvalue weighted by Crippen LogP contribution is 2.25. The molecule has 1 unspecified atom stereocenters. The van der Waals surface area contributed by atoms with E-state index in [0.29, 0.717) is 5.69 Å². The fourth-order valence-electron chi connectivity index (χ4n) is 2.16. The van der Waals surface area contributed by atoms with Crippen molar-refractivity contribution >= 4 is 40.7 Å². The smallest absolute Gasteiger partial charge is 0.305 e. The third kappa shape index (κ3) is 4.33. The summed E-state index contributed by atoms with van der Waals surface area (Å²) in [7, 11) is 3.34. The lowest BCUT2D eigenvalue weighted by molar-refractivity contribution is -0.138. The Labute approximate surface area is 147 Å². The molecular weight excluding hydrogens is 349 g/mol. The lowest BCUT2D eigenvalue weighted by Crippen LogP contribution is -2.26. The standard InChI is InChI=1S/C15H14FN5O3S/c1-21(2)13-8(6-17)3-4-10(16)9(13)7-18-20-15-19-14(24)11(25-15)5-12(22)23/h3-4,7,11H,5H2,1-2H3,(H,22,23)(H,19,20,24). The zero-order valence-electron chi connectivity index (χ0n) is 13.4. The number of rotatable bonds is 5. The number of carbonyl (C=O) groups excluding carboxylic acids is 1. The Hall–Kier alpha value is -2.93. The van der Waals surface area contributed by atoms with Gasteiger partial charge in [-0.3, -0.25) is 9.59 Å². The predicted octanol–water partition coefficient (Wildman–Crippen LogP) is 1.16. The van der Waals surface area contributed by atoms with Gasteiger partial charge in [0.1, 0.15) is 17.1 Å². The number of hydrogen-bond acceptors (Lipinski definition) is 7. The molecule has 0 saturated carbocycles. The Morgan fingerprint density at radius 2 is 2.28 bits per heavy atom. The first-order valence-corrected chi connectivity index (χ1v) is 7.91. The SMILES string of the molecule is CN(C)c1c(C#N)ccc(F)c1C=NN=C1NC(=O)C(CC(=O)O)S1. The van der Waals surface area contributed by atoms with Crippen molar-refractivity contribution in [1.82, 2.24) is 5.32 Å². The van der Waals surface area contributed by atoms with Crippen molar-refractivity contribution in [2.45, 2.75) is 11.7 Å². The molecule has 1 aromatic rings. The highest BCUT2D eigenvalue weighted by molar-refractivity contribution is 8.15. The zero-order valence-corrected chi connectivity index (χ0v) is 14.2. The highest BCUT2D eigenvalue weighted by Gasteiger charge is 2.32. The molecule has 0 spiro atoms. The van der Waals surface area contributed by atoms with Crippen LogP contribution in [0.3, 0.4) is 0 Å². The number of benzene rings is 1. The number of halogens is 1. The molecule has 1 heterocycles. The molecule has 130 valence electrons. The van der Waals surface area contributed by atoms with Crippen molar-refractivity contribution in [3.8, 4) is 6.07 Å². The molecule has 0 radical (unpaired) electrons. The second kappa shape index (κ2) is 7.76. The second-order valence-electron chi connectivity index (χ2n) is 5.21. The van der Waals surface area contributed by atoms with Gasteiger partial charge in [-0.1, -0.05) is 11.8 Å². The van der Waals surface area contributed by atoms with E-state index in [0.717, 1.165) is 24.0 Å². The third-order valence-electron chi connectivity index (χ3n) is 3.20. The number of carboxylic acid groups (broad SMARTS) is 1. The van der Waals surface area contributed by atoms with Crippen molar-refractivity contribution < 1.29 is 19.1 Å². The van der Waals surface area contributed by atoms with Crippen molar-refractivity contribution in [2.75, 3.05) is 19.0 Å². The largest absolute Gasteiger partial charge is 0.481 e. The molecule has 25 heavy (non-hydrogen) atoms. The van der Waals surface area contributed by atoms with Crippen LogP contribution in [0.15, 0.2) is 22.3 Å². The van der Waals surface area contributed by atoms with E-state index in [1.54, 1.807) is 19.0 Å². The fraction of sp³-hybridized carbons (Fsp3) is 0.267. The summed E-state index contributed by atoms with van der Waals surface area (Å²) in [6, 6.07) is 4.52. The minimum atomic E-state index is -1.09. The van der Waals surface area contributed by atoms with Gasteiger partial charge in [0, 0.05) is 14.1 Å². The molecule has 2 rings (SSSR count). The molecule has 1 saturated heterocycles. The van der Waals surface area contributed by atoms with Crippen LogP contribution in [-0.4, -0.2) is 47.7 Å². The number of carboxylic acids is 1. The molecule has 0 bridgehead atoms. The maximum atomic E-state index is 14.1. The Balaban J connectivity index is 2.25. The van der Waals surface area contributed by atoms with Crippen molar-refractivity contribution in [3.63, 3.8) is 0 Å². The lowest BCUT2D eigenvalue weighted by Gasteiger charge is -2.17. The number of nitriles is 1. The average Bonchev–Trinajstić information content (AvgIpc) is 2.87. The highest BCUT2D eigenvalue weighted by atomic mass is 32.2. The van der Waals surface area contributed by atoms with E-state index < -0.39 is 22.9 Å². The summed E-state index contributed by atoms with van der Waals surface area (Å²) in [4.78, 5) is 23.9. The fourth-order valence-corrected chi connectivity index (χ4v) is 3.08. The van der Waals surface area contributed by atoms with Gasteiger partial charge in [-0.05, 0) is 12.1 Å². The van der Waals surface area contributed by atoms with E-state index in [-0.39, 0.29) is 22.7 Å². The van der Waals surface area contributed by atoms with Crippen LogP contribution in [0.2, 0.25) is 0 Å². The monoisotopic (exact) mass is 363 g/mol. The molecule has 2 N–H and O–H groups in total. The lowest BCUT2D eigenvalue weighted by atomic mass is 10.1. The van der Waals surface area contributed by atoms with Crippen molar-refractivity contribution in [1.29, 1.82) is 5.26 Å². The number of nitrogens with zero attached hydrogens (tertiary/aromatic N) is 4. The molecule has 10 heteroatoms. The van der Waals surface area contributed by atoms with Crippen LogP contribution in [-0.2, 0) is 9.59 Å². The number of aliphatic carboxylic acids is 1.